The minimum absolute atomic E-state index is 0.636. The van der Waals surface area contributed by atoms with Gasteiger partial charge < -0.3 is 10.6 Å². The SMILES string of the molecule is CCCCCN(C)C(CN)C1CCCCC1. The standard InChI is InChI=1S/C14H30N2/c1-3-4-8-11-16(2)14(12-15)13-9-6-5-7-10-13/h13-14H,3-12,15H2,1-2H3. The van der Waals surface area contributed by atoms with Crippen LogP contribution in [-0.4, -0.2) is 31.1 Å². The molecule has 0 amide bonds. The van der Waals surface area contributed by atoms with Crippen molar-refractivity contribution in [3.05, 3.63) is 0 Å². The molecule has 0 aliphatic heterocycles. The van der Waals surface area contributed by atoms with E-state index >= 15 is 0 Å². The molecular formula is C14H30N2. The zero-order chi connectivity index (χ0) is 11.8. The fraction of sp³-hybridized carbons (Fsp3) is 1.00. The molecule has 1 atom stereocenters. The van der Waals surface area contributed by atoms with Gasteiger partial charge in [-0.05, 0) is 38.8 Å². The van der Waals surface area contributed by atoms with Crippen LogP contribution in [0.2, 0.25) is 0 Å². The number of likely N-dealkylation sites (N-methyl/N-ethyl adjacent to an activating group) is 1. The van der Waals surface area contributed by atoms with Gasteiger partial charge in [-0.3, -0.25) is 0 Å². The van der Waals surface area contributed by atoms with Crippen LogP contribution in [0.5, 0.6) is 0 Å². The summed E-state index contributed by atoms with van der Waals surface area (Å²) < 4.78 is 0. The first-order valence-electron chi connectivity index (χ1n) is 7.20. The zero-order valence-corrected chi connectivity index (χ0v) is 11.3. The van der Waals surface area contributed by atoms with Gasteiger partial charge in [0, 0.05) is 12.6 Å². The van der Waals surface area contributed by atoms with Crippen molar-refractivity contribution in [2.75, 3.05) is 20.1 Å². The number of hydrogen-bond donors (Lipinski definition) is 1. The Bertz CT molecular complexity index is 164. The molecule has 0 spiro atoms. The van der Waals surface area contributed by atoms with E-state index in [1.807, 2.05) is 0 Å². The smallest absolute Gasteiger partial charge is 0.0243 e. The van der Waals surface area contributed by atoms with Gasteiger partial charge in [0.2, 0.25) is 0 Å². The first-order valence-corrected chi connectivity index (χ1v) is 7.20. The highest BCUT2D eigenvalue weighted by atomic mass is 15.1. The normalized spacial score (nSPS) is 20.2. The summed E-state index contributed by atoms with van der Waals surface area (Å²) in [6, 6.07) is 0.636. The highest BCUT2D eigenvalue weighted by Crippen LogP contribution is 2.28. The minimum Gasteiger partial charge on any atom is -0.329 e. The molecule has 0 bridgehead atoms. The van der Waals surface area contributed by atoms with Gasteiger partial charge in [-0.15, -0.1) is 0 Å². The number of nitrogens with zero attached hydrogens (tertiary/aromatic N) is 1. The Morgan fingerprint density at radius 2 is 1.88 bits per heavy atom. The van der Waals surface area contributed by atoms with Crippen molar-refractivity contribution >= 4 is 0 Å². The fourth-order valence-corrected chi connectivity index (χ4v) is 3.03. The third-order valence-electron chi connectivity index (χ3n) is 4.12. The van der Waals surface area contributed by atoms with Crippen LogP contribution in [0.15, 0.2) is 0 Å². The summed E-state index contributed by atoms with van der Waals surface area (Å²) in [5.41, 5.74) is 5.97. The lowest BCUT2D eigenvalue weighted by Gasteiger charge is -2.36. The molecule has 0 radical (unpaired) electrons. The average Bonchev–Trinajstić information content (AvgIpc) is 2.32. The second-order valence-corrected chi connectivity index (χ2v) is 5.39. The van der Waals surface area contributed by atoms with Crippen molar-refractivity contribution in [3.63, 3.8) is 0 Å². The van der Waals surface area contributed by atoms with E-state index in [-0.39, 0.29) is 0 Å². The topological polar surface area (TPSA) is 29.3 Å². The molecular weight excluding hydrogens is 196 g/mol. The number of hydrogen-bond acceptors (Lipinski definition) is 2. The molecule has 2 N–H and O–H groups in total. The van der Waals surface area contributed by atoms with E-state index in [0.717, 1.165) is 12.5 Å². The van der Waals surface area contributed by atoms with Gasteiger partial charge in [-0.2, -0.15) is 0 Å². The van der Waals surface area contributed by atoms with E-state index in [2.05, 4.69) is 18.9 Å². The first-order chi connectivity index (χ1) is 7.79. The fourth-order valence-electron chi connectivity index (χ4n) is 3.03. The summed E-state index contributed by atoms with van der Waals surface area (Å²) in [5, 5.41) is 0. The Hall–Kier alpha value is -0.0800. The van der Waals surface area contributed by atoms with Crippen LogP contribution in [0, 0.1) is 5.92 Å². The molecule has 1 saturated carbocycles. The van der Waals surface area contributed by atoms with E-state index in [4.69, 9.17) is 5.73 Å². The molecule has 1 rings (SSSR count). The largest absolute Gasteiger partial charge is 0.329 e. The quantitative estimate of drug-likeness (QED) is 0.676. The Kier molecular flexibility index (Phi) is 7.06. The molecule has 2 heteroatoms. The molecule has 1 unspecified atom stereocenters. The first kappa shape index (κ1) is 14.0. The van der Waals surface area contributed by atoms with Gasteiger partial charge in [0.1, 0.15) is 0 Å². The second-order valence-electron chi connectivity index (χ2n) is 5.39. The molecule has 0 saturated heterocycles. The predicted molar refractivity (Wildman–Crippen MR) is 71.6 cm³/mol. The zero-order valence-electron chi connectivity index (χ0n) is 11.3. The molecule has 1 fully saturated rings. The van der Waals surface area contributed by atoms with Crippen molar-refractivity contribution in [2.45, 2.75) is 64.3 Å². The van der Waals surface area contributed by atoms with Crippen molar-refractivity contribution in [2.24, 2.45) is 11.7 Å². The third-order valence-corrected chi connectivity index (χ3v) is 4.12. The maximum absolute atomic E-state index is 5.97. The number of nitrogens with two attached hydrogens (primary N) is 1. The highest BCUT2D eigenvalue weighted by Gasteiger charge is 2.25. The highest BCUT2D eigenvalue weighted by molar-refractivity contribution is 4.81. The molecule has 0 aromatic rings. The molecule has 0 aromatic heterocycles. The molecule has 0 aromatic carbocycles. The lowest BCUT2D eigenvalue weighted by molar-refractivity contribution is 0.147. The molecule has 1 aliphatic carbocycles. The van der Waals surface area contributed by atoms with Gasteiger partial charge in [-0.1, -0.05) is 39.0 Å². The molecule has 2 nitrogen and oxygen atoms in total. The number of rotatable bonds is 7. The van der Waals surface area contributed by atoms with Gasteiger partial charge >= 0.3 is 0 Å². The van der Waals surface area contributed by atoms with Crippen LogP contribution >= 0.6 is 0 Å². The summed E-state index contributed by atoms with van der Waals surface area (Å²) in [7, 11) is 2.27. The Labute approximate surface area is 102 Å². The minimum atomic E-state index is 0.636. The van der Waals surface area contributed by atoms with E-state index in [9.17, 15) is 0 Å². The molecule has 96 valence electrons. The van der Waals surface area contributed by atoms with Crippen molar-refractivity contribution in [1.29, 1.82) is 0 Å². The second kappa shape index (κ2) is 8.08. The van der Waals surface area contributed by atoms with Crippen molar-refractivity contribution in [1.82, 2.24) is 4.90 Å². The maximum atomic E-state index is 5.97. The van der Waals surface area contributed by atoms with Crippen LogP contribution in [0.3, 0.4) is 0 Å². The lowest BCUT2D eigenvalue weighted by Crippen LogP contribution is -2.44. The molecule has 1 aliphatic rings. The van der Waals surface area contributed by atoms with Gasteiger partial charge in [0.05, 0.1) is 0 Å². The average molecular weight is 226 g/mol. The van der Waals surface area contributed by atoms with Crippen LogP contribution in [0.1, 0.15) is 58.3 Å². The molecule has 16 heavy (non-hydrogen) atoms. The van der Waals surface area contributed by atoms with Crippen molar-refractivity contribution < 1.29 is 0 Å². The Morgan fingerprint density at radius 3 is 2.44 bits per heavy atom. The van der Waals surface area contributed by atoms with Gasteiger partial charge in [-0.25, -0.2) is 0 Å². The molecule has 0 heterocycles. The van der Waals surface area contributed by atoms with E-state index in [0.29, 0.717) is 6.04 Å². The van der Waals surface area contributed by atoms with E-state index < -0.39 is 0 Å². The Balaban J connectivity index is 2.32. The predicted octanol–water partition coefficient (Wildman–Crippen LogP) is 3.02. The van der Waals surface area contributed by atoms with Crippen molar-refractivity contribution in [3.8, 4) is 0 Å². The summed E-state index contributed by atoms with van der Waals surface area (Å²) in [4.78, 5) is 2.52. The summed E-state index contributed by atoms with van der Waals surface area (Å²) in [5.74, 6) is 0.866. The Morgan fingerprint density at radius 1 is 1.19 bits per heavy atom. The summed E-state index contributed by atoms with van der Waals surface area (Å²) >= 11 is 0. The van der Waals surface area contributed by atoms with Crippen LogP contribution < -0.4 is 5.73 Å². The van der Waals surface area contributed by atoms with Crippen LogP contribution in [0.4, 0.5) is 0 Å². The van der Waals surface area contributed by atoms with Crippen LogP contribution in [-0.2, 0) is 0 Å². The van der Waals surface area contributed by atoms with Gasteiger partial charge in [0.15, 0.2) is 0 Å². The van der Waals surface area contributed by atoms with Crippen LogP contribution in [0.25, 0.3) is 0 Å². The van der Waals surface area contributed by atoms with E-state index in [1.165, 1.54) is 57.9 Å². The number of unbranched alkanes of at least 4 members (excludes halogenated alkanes) is 2. The third kappa shape index (κ3) is 4.42. The summed E-state index contributed by atoms with van der Waals surface area (Å²) in [6.07, 6.45) is 11.1. The maximum Gasteiger partial charge on any atom is 0.0243 e. The summed E-state index contributed by atoms with van der Waals surface area (Å²) in [6.45, 7) is 4.33. The van der Waals surface area contributed by atoms with E-state index in [1.54, 1.807) is 0 Å². The lowest BCUT2D eigenvalue weighted by atomic mass is 9.83. The van der Waals surface area contributed by atoms with Gasteiger partial charge in [0.25, 0.3) is 0 Å². The monoisotopic (exact) mass is 226 g/mol.